The molecule has 0 spiro atoms. The zero-order valence-electron chi connectivity index (χ0n) is 14.1. The minimum atomic E-state index is -0.427. The molecule has 2 nitrogen and oxygen atoms in total. The molecule has 0 radical (unpaired) electrons. The molecule has 3 heteroatoms. The highest BCUT2D eigenvalue weighted by atomic mass is 32.2. The number of ether oxygens (including phenoxy) is 1. The van der Waals surface area contributed by atoms with Gasteiger partial charge in [0.15, 0.2) is 0 Å². The van der Waals surface area contributed by atoms with Crippen LogP contribution in [0, 0.1) is 0 Å². The van der Waals surface area contributed by atoms with E-state index in [-0.39, 0.29) is 11.2 Å². The second-order valence-electron chi connectivity index (χ2n) is 6.37. The highest BCUT2D eigenvalue weighted by molar-refractivity contribution is 8.01. The van der Waals surface area contributed by atoms with Gasteiger partial charge in [-0.15, -0.1) is 11.8 Å². The fraction of sp³-hybridized carbons (Fsp3) is 0.381. The molecule has 0 bridgehead atoms. The van der Waals surface area contributed by atoms with Crippen molar-refractivity contribution >= 4 is 17.7 Å². The van der Waals surface area contributed by atoms with E-state index in [0.717, 1.165) is 25.7 Å². The lowest BCUT2D eigenvalue weighted by molar-refractivity contribution is -0.144. The Morgan fingerprint density at radius 1 is 0.917 bits per heavy atom. The van der Waals surface area contributed by atoms with Gasteiger partial charge in [0.25, 0.3) is 0 Å². The third-order valence-corrected chi connectivity index (χ3v) is 6.57. The summed E-state index contributed by atoms with van der Waals surface area (Å²) in [6, 6.07) is 20.9. The first-order valence-electron chi connectivity index (χ1n) is 8.61. The molecule has 126 valence electrons. The Hall–Kier alpha value is -1.74. The average Bonchev–Trinajstić information content (AvgIpc) is 2.67. The van der Waals surface area contributed by atoms with Crippen molar-refractivity contribution in [3.05, 3.63) is 71.8 Å². The van der Waals surface area contributed by atoms with E-state index in [4.69, 9.17) is 4.74 Å². The molecule has 2 aromatic rings. The number of rotatable bonds is 5. The largest absolute Gasteiger partial charge is 0.468 e. The van der Waals surface area contributed by atoms with Gasteiger partial charge in [-0.1, -0.05) is 79.9 Å². The van der Waals surface area contributed by atoms with Crippen molar-refractivity contribution in [2.24, 2.45) is 0 Å². The lowest BCUT2D eigenvalue weighted by Crippen LogP contribution is -2.39. The van der Waals surface area contributed by atoms with E-state index >= 15 is 0 Å². The van der Waals surface area contributed by atoms with E-state index in [9.17, 15) is 4.79 Å². The second kappa shape index (κ2) is 7.89. The quantitative estimate of drug-likeness (QED) is 0.683. The van der Waals surface area contributed by atoms with Gasteiger partial charge in [-0.05, 0) is 24.0 Å². The zero-order valence-corrected chi connectivity index (χ0v) is 14.9. The fourth-order valence-corrected chi connectivity index (χ4v) is 5.23. The van der Waals surface area contributed by atoms with Crippen LogP contribution in [0.1, 0.15) is 48.5 Å². The summed E-state index contributed by atoms with van der Waals surface area (Å²) >= 11 is 1.78. The van der Waals surface area contributed by atoms with Crippen molar-refractivity contribution in [2.75, 3.05) is 7.11 Å². The first kappa shape index (κ1) is 17.1. The van der Waals surface area contributed by atoms with Gasteiger partial charge in [0.1, 0.15) is 4.75 Å². The van der Waals surface area contributed by atoms with Crippen LogP contribution in [0.2, 0.25) is 0 Å². The van der Waals surface area contributed by atoms with E-state index in [0.29, 0.717) is 0 Å². The van der Waals surface area contributed by atoms with Crippen LogP contribution in [-0.2, 0) is 9.53 Å². The van der Waals surface area contributed by atoms with Gasteiger partial charge in [0.2, 0.25) is 0 Å². The molecule has 24 heavy (non-hydrogen) atoms. The van der Waals surface area contributed by atoms with Gasteiger partial charge in [0, 0.05) is 0 Å². The monoisotopic (exact) mass is 340 g/mol. The normalized spacial score (nSPS) is 16.8. The second-order valence-corrected chi connectivity index (χ2v) is 7.85. The van der Waals surface area contributed by atoms with Crippen molar-refractivity contribution in [3.63, 3.8) is 0 Å². The van der Waals surface area contributed by atoms with Crippen LogP contribution in [0.25, 0.3) is 0 Å². The number of carbonyl (C=O) groups excluding carboxylic acids is 1. The average molecular weight is 340 g/mol. The molecule has 0 atom stereocenters. The van der Waals surface area contributed by atoms with Crippen molar-refractivity contribution in [3.8, 4) is 0 Å². The number of hydrogen-bond acceptors (Lipinski definition) is 3. The Kier molecular flexibility index (Phi) is 5.62. The van der Waals surface area contributed by atoms with E-state index in [2.05, 4.69) is 48.5 Å². The van der Waals surface area contributed by atoms with Crippen molar-refractivity contribution < 1.29 is 9.53 Å². The molecular weight excluding hydrogens is 316 g/mol. The van der Waals surface area contributed by atoms with Crippen molar-refractivity contribution in [1.29, 1.82) is 0 Å². The molecule has 1 fully saturated rings. The molecule has 3 rings (SSSR count). The van der Waals surface area contributed by atoms with Gasteiger partial charge < -0.3 is 4.74 Å². The van der Waals surface area contributed by atoms with Crippen LogP contribution < -0.4 is 0 Å². The number of methoxy groups -OCH3 is 1. The predicted molar refractivity (Wildman–Crippen MR) is 100 cm³/mol. The lowest BCUT2D eigenvalue weighted by Gasteiger charge is -2.37. The van der Waals surface area contributed by atoms with Crippen LogP contribution >= 0.6 is 11.8 Å². The molecule has 0 amide bonds. The molecule has 0 heterocycles. The van der Waals surface area contributed by atoms with Crippen LogP contribution in [-0.4, -0.2) is 17.8 Å². The Morgan fingerprint density at radius 2 is 1.42 bits per heavy atom. The van der Waals surface area contributed by atoms with Gasteiger partial charge in [-0.25, -0.2) is 0 Å². The van der Waals surface area contributed by atoms with Crippen LogP contribution in [0.4, 0.5) is 0 Å². The Bertz CT molecular complexity index is 609. The van der Waals surface area contributed by atoms with E-state index in [1.54, 1.807) is 11.8 Å². The maximum atomic E-state index is 12.6. The van der Waals surface area contributed by atoms with Gasteiger partial charge in [0.05, 0.1) is 12.4 Å². The molecular formula is C21H24O2S. The van der Waals surface area contributed by atoms with Gasteiger partial charge >= 0.3 is 5.97 Å². The maximum Gasteiger partial charge on any atom is 0.321 e. The van der Waals surface area contributed by atoms with E-state index in [1.165, 1.54) is 24.7 Å². The highest BCUT2D eigenvalue weighted by Gasteiger charge is 2.43. The lowest BCUT2D eigenvalue weighted by atomic mass is 9.88. The summed E-state index contributed by atoms with van der Waals surface area (Å²) in [5.74, 6) is -0.0657. The first-order valence-corrected chi connectivity index (χ1v) is 9.49. The topological polar surface area (TPSA) is 26.3 Å². The summed E-state index contributed by atoms with van der Waals surface area (Å²) in [6.45, 7) is 0. The van der Waals surface area contributed by atoms with Crippen LogP contribution in [0.15, 0.2) is 60.7 Å². The molecule has 0 unspecified atom stereocenters. The van der Waals surface area contributed by atoms with Crippen LogP contribution in [0.3, 0.4) is 0 Å². The summed E-state index contributed by atoms with van der Waals surface area (Å²) in [7, 11) is 1.51. The summed E-state index contributed by atoms with van der Waals surface area (Å²) in [6.07, 6.45) is 5.21. The third kappa shape index (κ3) is 3.67. The van der Waals surface area contributed by atoms with Gasteiger partial charge in [-0.3, -0.25) is 4.79 Å². The number of carbonyl (C=O) groups is 1. The zero-order chi connectivity index (χ0) is 16.8. The maximum absolute atomic E-state index is 12.6. The Morgan fingerprint density at radius 3 is 1.88 bits per heavy atom. The van der Waals surface area contributed by atoms with E-state index in [1.807, 2.05) is 12.1 Å². The molecule has 1 saturated carbocycles. The Balaban J connectivity index is 1.97. The van der Waals surface area contributed by atoms with E-state index < -0.39 is 4.75 Å². The molecule has 0 aromatic heterocycles. The van der Waals surface area contributed by atoms with Gasteiger partial charge in [-0.2, -0.15) is 0 Å². The molecule has 1 aliphatic carbocycles. The number of esters is 1. The number of benzene rings is 2. The molecule has 0 aliphatic heterocycles. The highest BCUT2D eigenvalue weighted by Crippen LogP contribution is 2.50. The van der Waals surface area contributed by atoms with Crippen molar-refractivity contribution in [2.45, 2.75) is 42.1 Å². The third-order valence-electron chi connectivity index (χ3n) is 4.77. The molecule has 1 aliphatic rings. The Labute approximate surface area is 148 Å². The van der Waals surface area contributed by atoms with Crippen molar-refractivity contribution in [1.82, 2.24) is 0 Å². The minimum absolute atomic E-state index is 0.0657. The van der Waals surface area contributed by atoms with Crippen LogP contribution in [0.5, 0.6) is 0 Å². The smallest absolute Gasteiger partial charge is 0.321 e. The first-order chi connectivity index (χ1) is 11.7. The summed E-state index contributed by atoms with van der Waals surface area (Å²) < 4.78 is 4.78. The molecule has 2 aromatic carbocycles. The molecule has 0 saturated heterocycles. The number of thioether (sulfide) groups is 1. The fourth-order valence-electron chi connectivity index (χ4n) is 3.49. The molecule has 0 N–H and O–H groups in total. The predicted octanol–water partition coefficient (Wildman–Crippen LogP) is 5.39. The summed E-state index contributed by atoms with van der Waals surface area (Å²) in [4.78, 5) is 12.6. The summed E-state index contributed by atoms with van der Waals surface area (Å²) in [5, 5.41) is 0.143. The minimum Gasteiger partial charge on any atom is -0.468 e. The SMILES string of the molecule is COC(=O)C1(SC(c2ccccc2)c2ccccc2)CCCCC1. The standard InChI is InChI=1S/C21H24O2S/c1-23-20(22)21(15-9-4-10-16-21)24-19(17-11-5-2-6-12-17)18-13-7-3-8-14-18/h2-3,5-8,11-14,19H,4,9-10,15-16H2,1H3. The summed E-state index contributed by atoms with van der Waals surface area (Å²) in [5.41, 5.74) is 2.48. The number of hydrogen-bond donors (Lipinski definition) is 0.